The van der Waals surface area contributed by atoms with E-state index in [0.717, 1.165) is 0 Å². The van der Waals surface area contributed by atoms with Crippen molar-refractivity contribution in [2.75, 3.05) is 4.43 Å². The lowest BCUT2D eigenvalue weighted by molar-refractivity contribution is -0.0166. The Hall–Kier alpha value is 0.784. The summed E-state index contributed by atoms with van der Waals surface area (Å²) in [6.07, 6.45) is 0.597. The van der Waals surface area contributed by atoms with Gasteiger partial charge in [-0.2, -0.15) is 0 Å². The van der Waals surface area contributed by atoms with Crippen LogP contribution in [0.25, 0.3) is 0 Å². The molecule has 0 saturated carbocycles. The SMILES string of the molecule is C=C[C@@H](O[Si](C)(C)C(C)(C)C)[C@H](O[Si](C)(C)C(C)(C)C)[C@@H](O)CI. The molecule has 0 aliphatic carbocycles. The number of aliphatic hydroxyl groups excluding tert-OH is 1. The predicted octanol–water partition coefficient (Wildman–Crippen LogP) is 5.75. The molecule has 0 saturated heterocycles. The van der Waals surface area contributed by atoms with Gasteiger partial charge in [-0.1, -0.05) is 70.2 Å². The fraction of sp³-hybridized carbons (Fsp3) is 0.889. The smallest absolute Gasteiger partial charge is 0.193 e. The second-order valence-corrected chi connectivity index (χ2v) is 20.0. The maximum absolute atomic E-state index is 10.6. The maximum atomic E-state index is 10.6. The molecule has 0 fully saturated rings. The van der Waals surface area contributed by atoms with Crippen LogP contribution in [-0.4, -0.2) is 44.5 Å². The summed E-state index contributed by atoms with van der Waals surface area (Å²) in [5, 5.41) is 10.8. The molecular formula is C18H39IO3Si2. The Morgan fingerprint density at radius 2 is 1.33 bits per heavy atom. The molecule has 0 bridgehead atoms. The van der Waals surface area contributed by atoms with Gasteiger partial charge < -0.3 is 14.0 Å². The van der Waals surface area contributed by atoms with Crippen molar-refractivity contribution in [3.05, 3.63) is 12.7 Å². The largest absolute Gasteiger partial charge is 0.408 e. The Balaban J connectivity index is 5.61. The van der Waals surface area contributed by atoms with Gasteiger partial charge in [0.25, 0.3) is 0 Å². The molecule has 0 unspecified atom stereocenters. The van der Waals surface area contributed by atoms with E-state index < -0.39 is 22.7 Å². The van der Waals surface area contributed by atoms with Crippen LogP contribution in [0.5, 0.6) is 0 Å². The molecular weight excluding hydrogens is 447 g/mol. The highest BCUT2D eigenvalue weighted by molar-refractivity contribution is 14.1. The van der Waals surface area contributed by atoms with Crippen molar-refractivity contribution in [1.29, 1.82) is 0 Å². The quantitative estimate of drug-likeness (QED) is 0.206. The molecule has 0 rings (SSSR count). The maximum Gasteiger partial charge on any atom is 0.193 e. The summed E-state index contributed by atoms with van der Waals surface area (Å²) in [7, 11) is -4.00. The van der Waals surface area contributed by atoms with Crippen LogP contribution in [0.1, 0.15) is 41.5 Å². The van der Waals surface area contributed by atoms with Crippen LogP contribution in [0, 0.1) is 0 Å². The molecule has 144 valence electrons. The first-order chi connectivity index (χ1) is 10.5. The van der Waals surface area contributed by atoms with E-state index >= 15 is 0 Å². The van der Waals surface area contributed by atoms with E-state index in [9.17, 15) is 5.11 Å². The third-order valence-corrected chi connectivity index (χ3v) is 15.4. The number of aliphatic hydroxyl groups is 1. The fourth-order valence-electron chi connectivity index (χ4n) is 1.74. The zero-order valence-corrected chi connectivity index (χ0v) is 21.5. The van der Waals surface area contributed by atoms with Crippen molar-refractivity contribution in [2.24, 2.45) is 0 Å². The lowest BCUT2D eigenvalue weighted by atomic mass is 10.1. The standard InChI is InChI=1S/C18H39IO3Si2/c1-12-15(21-23(8,9)17(2,3)4)16(14(20)13-19)22-24(10,11)18(5,6)7/h12,14-16,20H,1,13H2,2-11H3/t14-,15+,16+/m0/s1. The molecule has 0 aromatic heterocycles. The minimum atomic E-state index is -2.02. The van der Waals surface area contributed by atoms with E-state index in [1.54, 1.807) is 0 Å². The number of halogens is 1. The molecule has 6 heteroatoms. The summed E-state index contributed by atoms with van der Waals surface area (Å²) in [6.45, 7) is 26.2. The van der Waals surface area contributed by atoms with Crippen LogP contribution in [0.4, 0.5) is 0 Å². The minimum Gasteiger partial charge on any atom is -0.408 e. The Kier molecular flexibility index (Phi) is 8.93. The van der Waals surface area contributed by atoms with Crippen molar-refractivity contribution in [1.82, 2.24) is 0 Å². The van der Waals surface area contributed by atoms with Gasteiger partial charge in [-0.15, -0.1) is 6.58 Å². The fourth-order valence-corrected chi connectivity index (χ4v) is 4.83. The Morgan fingerprint density at radius 1 is 0.958 bits per heavy atom. The van der Waals surface area contributed by atoms with Crippen molar-refractivity contribution >= 4 is 39.2 Å². The van der Waals surface area contributed by atoms with Crippen LogP contribution in [0.15, 0.2) is 12.7 Å². The first-order valence-electron chi connectivity index (χ1n) is 8.72. The third-order valence-electron chi connectivity index (χ3n) is 5.57. The van der Waals surface area contributed by atoms with Crippen LogP contribution < -0.4 is 0 Å². The average Bonchev–Trinajstić information content (AvgIpc) is 2.39. The monoisotopic (exact) mass is 486 g/mol. The summed E-state index contributed by atoms with van der Waals surface area (Å²) >= 11 is 2.21. The van der Waals surface area contributed by atoms with E-state index in [0.29, 0.717) is 4.43 Å². The molecule has 3 atom stereocenters. The summed E-state index contributed by atoms with van der Waals surface area (Å²) in [4.78, 5) is 0. The molecule has 0 spiro atoms. The molecule has 24 heavy (non-hydrogen) atoms. The van der Waals surface area contributed by atoms with Gasteiger partial charge in [0.1, 0.15) is 6.10 Å². The van der Waals surface area contributed by atoms with Crippen molar-refractivity contribution in [2.45, 2.75) is 96.1 Å². The minimum absolute atomic E-state index is 0.0823. The first kappa shape index (κ1) is 24.8. The predicted molar refractivity (Wildman–Crippen MR) is 119 cm³/mol. The number of rotatable bonds is 8. The summed E-state index contributed by atoms with van der Waals surface area (Å²) in [5.41, 5.74) is 0. The normalized spacial score (nSPS) is 18.2. The number of hydrogen-bond donors (Lipinski definition) is 1. The van der Waals surface area contributed by atoms with Crippen LogP contribution in [0.3, 0.4) is 0 Å². The van der Waals surface area contributed by atoms with Gasteiger partial charge in [0.15, 0.2) is 16.6 Å². The molecule has 0 amide bonds. The van der Waals surface area contributed by atoms with Gasteiger partial charge in [0, 0.05) is 4.43 Å². The van der Waals surface area contributed by atoms with E-state index in [1.807, 2.05) is 6.08 Å². The van der Waals surface area contributed by atoms with Crippen molar-refractivity contribution in [3.63, 3.8) is 0 Å². The lowest BCUT2D eigenvalue weighted by Gasteiger charge is -2.45. The molecule has 0 aromatic carbocycles. The van der Waals surface area contributed by atoms with Crippen LogP contribution >= 0.6 is 22.6 Å². The molecule has 3 nitrogen and oxygen atoms in total. The molecule has 0 radical (unpaired) electrons. The molecule has 0 heterocycles. The van der Waals surface area contributed by atoms with E-state index in [1.165, 1.54) is 0 Å². The number of alkyl halides is 1. The third kappa shape index (κ3) is 6.50. The summed E-state index contributed by atoms with van der Waals surface area (Å²) < 4.78 is 13.7. The van der Waals surface area contributed by atoms with Gasteiger partial charge in [-0.25, -0.2) is 0 Å². The highest BCUT2D eigenvalue weighted by Gasteiger charge is 2.45. The Labute approximate surface area is 166 Å². The van der Waals surface area contributed by atoms with Crippen molar-refractivity contribution < 1.29 is 14.0 Å². The molecule has 0 aliphatic rings. The molecule has 1 N–H and O–H groups in total. The highest BCUT2D eigenvalue weighted by Crippen LogP contribution is 2.41. The van der Waals surface area contributed by atoms with Gasteiger partial charge in [0.05, 0.1) is 12.2 Å². The Morgan fingerprint density at radius 3 is 1.62 bits per heavy atom. The van der Waals surface area contributed by atoms with E-state index in [2.05, 4.69) is 96.9 Å². The highest BCUT2D eigenvalue weighted by atomic mass is 127. The van der Waals surface area contributed by atoms with Gasteiger partial charge in [-0.3, -0.25) is 0 Å². The average molecular weight is 487 g/mol. The second-order valence-electron chi connectivity index (χ2n) is 9.64. The van der Waals surface area contributed by atoms with Crippen molar-refractivity contribution in [3.8, 4) is 0 Å². The zero-order valence-electron chi connectivity index (χ0n) is 17.4. The topological polar surface area (TPSA) is 38.7 Å². The first-order valence-corrected chi connectivity index (χ1v) is 16.1. The lowest BCUT2D eigenvalue weighted by Crippen LogP contribution is -2.55. The Bertz CT molecular complexity index is 411. The van der Waals surface area contributed by atoms with E-state index in [4.69, 9.17) is 8.85 Å². The summed E-state index contributed by atoms with van der Waals surface area (Å²) in [6, 6.07) is 0. The molecule has 0 aliphatic heterocycles. The number of hydrogen-bond acceptors (Lipinski definition) is 3. The van der Waals surface area contributed by atoms with Crippen LogP contribution in [-0.2, 0) is 8.85 Å². The van der Waals surface area contributed by atoms with E-state index in [-0.39, 0.29) is 22.3 Å². The van der Waals surface area contributed by atoms with Gasteiger partial charge >= 0.3 is 0 Å². The molecule has 0 aromatic rings. The second kappa shape index (κ2) is 8.65. The van der Waals surface area contributed by atoms with Gasteiger partial charge in [0.2, 0.25) is 0 Å². The van der Waals surface area contributed by atoms with Gasteiger partial charge in [-0.05, 0) is 36.3 Å². The zero-order chi connectivity index (χ0) is 19.6. The summed E-state index contributed by atoms with van der Waals surface area (Å²) in [5.74, 6) is 0. The van der Waals surface area contributed by atoms with Crippen LogP contribution in [0.2, 0.25) is 36.3 Å².